The maximum atomic E-state index is 12.5. The number of benzene rings is 1. The molecule has 130 valence electrons. The van der Waals surface area contributed by atoms with E-state index in [1.165, 1.54) is 11.6 Å². The molecule has 1 aromatic heterocycles. The van der Waals surface area contributed by atoms with Crippen LogP contribution in [0.25, 0.3) is 0 Å². The fourth-order valence-electron chi connectivity index (χ4n) is 1.73. The monoisotopic (exact) mass is 380 g/mol. The van der Waals surface area contributed by atoms with Gasteiger partial charge in [-0.2, -0.15) is 13.2 Å². The van der Waals surface area contributed by atoms with Crippen LogP contribution < -0.4 is 5.32 Å². The molecule has 0 bridgehead atoms. The quantitative estimate of drug-likeness (QED) is 0.828. The van der Waals surface area contributed by atoms with Gasteiger partial charge in [0, 0.05) is 17.3 Å². The molecule has 0 fully saturated rings. The first kappa shape index (κ1) is 18.4. The third-order valence-corrected chi connectivity index (χ3v) is 5.94. The molecular formula is C13H11F3N2O4S2. The van der Waals surface area contributed by atoms with Gasteiger partial charge >= 0.3 is 6.18 Å². The number of carbonyl (C=O) groups excluding carboxylic acids is 1. The van der Waals surface area contributed by atoms with Crippen molar-refractivity contribution >= 4 is 32.8 Å². The molecule has 24 heavy (non-hydrogen) atoms. The first-order valence-electron chi connectivity index (χ1n) is 6.39. The molecule has 0 saturated heterocycles. The molecule has 2 aromatic rings. The third-order valence-electron chi connectivity index (χ3n) is 2.97. The van der Waals surface area contributed by atoms with Crippen molar-refractivity contribution in [3.63, 3.8) is 0 Å². The van der Waals surface area contributed by atoms with Crippen LogP contribution in [0.4, 0.5) is 18.9 Å². The maximum Gasteiger partial charge on any atom is 0.402 e. The van der Waals surface area contributed by atoms with Crippen LogP contribution in [0.3, 0.4) is 0 Å². The van der Waals surface area contributed by atoms with Crippen molar-refractivity contribution < 1.29 is 31.5 Å². The van der Waals surface area contributed by atoms with Crippen LogP contribution in [0.1, 0.15) is 0 Å². The van der Waals surface area contributed by atoms with E-state index in [1.807, 2.05) is 5.32 Å². The van der Waals surface area contributed by atoms with E-state index in [0.717, 1.165) is 35.6 Å². The predicted molar refractivity (Wildman–Crippen MR) is 79.3 cm³/mol. The Morgan fingerprint density at radius 2 is 1.92 bits per heavy atom. The summed E-state index contributed by atoms with van der Waals surface area (Å²) >= 11 is 0.928. The Labute approximate surface area is 138 Å². The molecule has 0 saturated carbocycles. The first-order valence-corrected chi connectivity index (χ1v) is 8.75. The van der Waals surface area contributed by atoms with Gasteiger partial charge in [-0.15, -0.1) is 11.3 Å². The zero-order chi connectivity index (χ0) is 18.0. The van der Waals surface area contributed by atoms with E-state index in [1.54, 1.807) is 0 Å². The minimum absolute atomic E-state index is 0.0270. The highest BCUT2D eigenvalue weighted by Crippen LogP contribution is 2.28. The van der Waals surface area contributed by atoms with Crippen molar-refractivity contribution in [2.45, 2.75) is 15.4 Å². The molecule has 0 aliphatic heterocycles. The summed E-state index contributed by atoms with van der Waals surface area (Å²) < 4.78 is 61.9. The number of aromatic nitrogens is 1. The summed E-state index contributed by atoms with van der Waals surface area (Å²) in [5.41, 5.74) is -0.0270. The lowest BCUT2D eigenvalue weighted by Gasteiger charge is -2.17. The van der Waals surface area contributed by atoms with Crippen LogP contribution in [-0.4, -0.2) is 37.2 Å². The van der Waals surface area contributed by atoms with Gasteiger partial charge in [0.25, 0.3) is 0 Å². The summed E-state index contributed by atoms with van der Waals surface area (Å²) in [6.45, 7) is -1.38. The van der Waals surface area contributed by atoms with Crippen molar-refractivity contribution in [2.24, 2.45) is 5.92 Å². The highest BCUT2D eigenvalue weighted by molar-refractivity contribution is 7.93. The minimum Gasteiger partial charge on any atom is -0.395 e. The van der Waals surface area contributed by atoms with Gasteiger partial charge in [-0.25, -0.2) is 13.4 Å². The number of thiazole rings is 1. The number of sulfone groups is 1. The Balaban J connectivity index is 2.17. The van der Waals surface area contributed by atoms with Crippen molar-refractivity contribution in [3.05, 3.63) is 35.8 Å². The summed E-state index contributed by atoms with van der Waals surface area (Å²) in [7, 11) is -3.81. The Kier molecular flexibility index (Phi) is 5.26. The summed E-state index contributed by atoms with van der Waals surface area (Å²) in [6.07, 6.45) is -3.55. The summed E-state index contributed by atoms with van der Waals surface area (Å²) in [5.74, 6) is -3.99. The number of nitrogens with one attached hydrogen (secondary N) is 1. The Bertz CT molecular complexity index is 803. The molecule has 11 heteroatoms. The van der Waals surface area contributed by atoms with E-state index < -0.39 is 34.4 Å². The van der Waals surface area contributed by atoms with Crippen LogP contribution in [0.5, 0.6) is 0 Å². The van der Waals surface area contributed by atoms with E-state index in [9.17, 15) is 26.4 Å². The first-order chi connectivity index (χ1) is 11.2. The smallest absolute Gasteiger partial charge is 0.395 e. The molecule has 1 heterocycles. The SMILES string of the molecule is O=C(Nc1ccc(S(=O)(=O)c2nccs2)cc1)C(CO)C(F)(F)F. The molecule has 0 radical (unpaired) electrons. The van der Waals surface area contributed by atoms with Crippen LogP contribution >= 0.6 is 11.3 Å². The van der Waals surface area contributed by atoms with Gasteiger partial charge in [0.15, 0.2) is 5.92 Å². The van der Waals surface area contributed by atoms with Gasteiger partial charge in [-0.3, -0.25) is 4.79 Å². The fourth-order valence-corrected chi connectivity index (χ4v) is 3.94. The third kappa shape index (κ3) is 3.91. The van der Waals surface area contributed by atoms with Crippen LogP contribution in [0, 0.1) is 5.92 Å². The number of alkyl halides is 3. The number of carbonyl (C=O) groups is 1. The summed E-state index contributed by atoms with van der Waals surface area (Å²) in [6, 6.07) is 4.61. The molecule has 0 aliphatic carbocycles. The number of amides is 1. The van der Waals surface area contributed by atoms with Gasteiger partial charge in [-0.05, 0) is 24.3 Å². The van der Waals surface area contributed by atoms with E-state index >= 15 is 0 Å². The van der Waals surface area contributed by atoms with Crippen molar-refractivity contribution in [3.8, 4) is 0 Å². The normalized spacial score (nSPS) is 13.5. The lowest BCUT2D eigenvalue weighted by Crippen LogP contribution is -2.37. The second-order valence-electron chi connectivity index (χ2n) is 4.59. The molecular weight excluding hydrogens is 369 g/mol. The van der Waals surface area contributed by atoms with Crippen LogP contribution in [0.2, 0.25) is 0 Å². The highest BCUT2D eigenvalue weighted by atomic mass is 32.2. The topological polar surface area (TPSA) is 96.4 Å². The number of anilines is 1. The Hall–Kier alpha value is -1.98. The molecule has 2 N–H and O–H groups in total. The fraction of sp³-hybridized carbons (Fsp3) is 0.231. The molecule has 2 rings (SSSR count). The number of hydrogen-bond donors (Lipinski definition) is 2. The second kappa shape index (κ2) is 6.87. The summed E-state index contributed by atoms with van der Waals surface area (Å²) in [4.78, 5) is 15.1. The molecule has 1 aromatic carbocycles. The summed E-state index contributed by atoms with van der Waals surface area (Å²) in [5, 5.41) is 12.2. The number of nitrogens with zero attached hydrogens (tertiary/aromatic N) is 1. The van der Waals surface area contributed by atoms with Gasteiger partial charge in [0.05, 0.1) is 11.5 Å². The van der Waals surface area contributed by atoms with Gasteiger partial charge < -0.3 is 10.4 Å². The number of rotatable bonds is 5. The van der Waals surface area contributed by atoms with Gasteiger partial charge in [0.2, 0.25) is 20.1 Å². The molecule has 1 amide bonds. The van der Waals surface area contributed by atoms with Gasteiger partial charge in [0.1, 0.15) is 0 Å². The largest absolute Gasteiger partial charge is 0.402 e. The van der Waals surface area contributed by atoms with E-state index in [-0.39, 0.29) is 14.9 Å². The van der Waals surface area contributed by atoms with E-state index in [0.29, 0.717) is 0 Å². The van der Waals surface area contributed by atoms with E-state index in [4.69, 9.17) is 5.11 Å². The lowest BCUT2D eigenvalue weighted by molar-refractivity contribution is -0.186. The minimum atomic E-state index is -4.88. The highest BCUT2D eigenvalue weighted by Gasteiger charge is 2.44. The molecule has 0 aliphatic rings. The average molecular weight is 380 g/mol. The zero-order valence-corrected chi connectivity index (χ0v) is 13.5. The number of aliphatic hydroxyl groups is 1. The standard InChI is InChI=1S/C13H11F3N2O4S2/c14-13(15,16)10(7-19)11(20)18-8-1-3-9(4-2-8)24(21,22)12-17-5-6-23-12/h1-6,10,19H,7H2,(H,18,20). The Morgan fingerprint density at radius 3 is 2.38 bits per heavy atom. The number of hydrogen-bond acceptors (Lipinski definition) is 6. The number of halogens is 3. The van der Waals surface area contributed by atoms with Crippen LogP contribution in [-0.2, 0) is 14.6 Å². The number of aliphatic hydroxyl groups excluding tert-OH is 1. The van der Waals surface area contributed by atoms with Crippen LogP contribution in [0.15, 0.2) is 45.1 Å². The maximum absolute atomic E-state index is 12.5. The zero-order valence-electron chi connectivity index (χ0n) is 11.8. The van der Waals surface area contributed by atoms with Crippen molar-refractivity contribution in [1.82, 2.24) is 4.98 Å². The molecule has 1 unspecified atom stereocenters. The van der Waals surface area contributed by atoms with Gasteiger partial charge in [-0.1, -0.05) is 0 Å². The lowest BCUT2D eigenvalue weighted by atomic mass is 10.1. The Morgan fingerprint density at radius 1 is 1.29 bits per heavy atom. The molecule has 0 spiro atoms. The van der Waals surface area contributed by atoms with Crippen molar-refractivity contribution in [2.75, 3.05) is 11.9 Å². The predicted octanol–water partition coefficient (Wildman–Crippen LogP) is 2.09. The molecule has 6 nitrogen and oxygen atoms in total. The molecule has 1 atom stereocenters. The van der Waals surface area contributed by atoms with E-state index in [2.05, 4.69) is 4.98 Å². The second-order valence-corrected chi connectivity index (χ2v) is 7.61. The van der Waals surface area contributed by atoms with Crippen molar-refractivity contribution in [1.29, 1.82) is 0 Å². The average Bonchev–Trinajstić information content (AvgIpc) is 3.02.